The molecule has 3 atom stereocenters. The lowest BCUT2D eigenvalue weighted by molar-refractivity contribution is -0.188. The van der Waals surface area contributed by atoms with E-state index in [1.165, 1.54) is 4.90 Å². The summed E-state index contributed by atoms with van der Waals surface area (Å²) in [7, 11) is 3.25. The first-order valence-corrected chi connectivity index (χ1v) is 9.87. The molecule has 7 heteroatoms. The fourth-order valence-corrected chi connectivity index (χ4v) is 4.24. The van der Waals surface area contributed by atoms with E-state index in [1.54, 1.807) is 21.0 Å². The van der Waals surface area contributed by atoms with Gasteiger partial charge in [-0.3, -0.25) is 19.6 Å². The summed E-state index contributed by atoms with van der Waals surface area (Å²) in [4.78, 5) is 38.9. The number of rotatable bonds is 10. The predicted molar refractivity (Wildman–Crippen MR) is 112 cm³/mol. The molecule has 0 aliphatic heterocycles. The Morgan fingerprint density at radius 3 is 2.14 bits per heavy atom. The number of amides is 3. The number of benzene rings is 1. The second-order valence-corrected chi connectivity index (χ2v) is 8.94. The Balaban J connectivity index is 3.48. The molecule has 3 N–H and O–H groups in total. The highest BCUT2D eigenvalue weighted by Crippen LogP contribution is 2.48. The van der Waals surface area contributed by atoms with Crippen LogP contribution >= 0.6 is 0 Å². The van der Waals surface area contributed by atoms with Crippen LogP contribution in [0.5, 0.6) is 0 Å². The lowest BCUT2D eigenvalue weighted by Gasteiger charge is -2.49. The van der Waals surface area contributed by atoms with Crippen molar-refractivity contribution in [2.45, 2.75) is 53.0 Å². The molecule has 0 radical (unpaired) electrons. The maximum atomic E-state index is 13.2. The quantitative estimate of drug-likeness (QED) is 0.354. The molecule has 7 nitrogen and oxygen atoms in total. The summed E-state index contributed by atoms with van der Waals surface area (Å²) in [6.07, 6.45) is 1.75. The smallest absolute Gasteiger partial charge is 0.233 e. The standard InChI is InChI=1S/C22H35N3O4/c1-16(25(29)15-26)22(20(23)28,14-10-13-17-11-8-7-9-12-17)18(21(2,3)4)19(27)24(5)6/h7-9,11-12,15-16,18,29H,10,13-14H2,1-6H3,(H2,23,28)/t16-,18-,22?/m0/s1. The largest absolute Gasteiger partial charge is 0.369 e. The van der Waals surface area contributed by atoms with E-state index in [4.69, 9.17) is 5.73 Å². The first-order valence-electron chi connectivity index (χ1n) is 9.87. The fourth-order valence-electron chi connectivity index (χ4n) is 4.24. The van der Waals surface area contributed by atoms with Crippen molar-refractivity contribution in [1.82, 2.24) is 9.96 Å². The number of nitrogens with two attached hydrogens (primary N) is 1. The number of carbonyl (C=O) groups is 3. The van der Waals surface area contributed by atoms with E-state index in [-0.39, 0.29) is 18.7 Å². The summed E-state index contributed by atoms with van der Waals surface area (Å²) in [5.41, 5.74) is 4.94. The van der Waals surface area contributed by atoms with Crippen LogP contribution in [0.1, 0.15) is 46.1 Å². The Labute approximate surface area is 173 Å². The molecule has 162 valence electrons. The van der Waals surface area contributed by atoms with Crippen molar-refractivity contribution in [3.05, 3.63) is 35.9 Å². The highest BCUT2D eigenvalue weighted by Gasteiger charge is 2.57. The summed E-state index contributed by atoms with van der Waals surface area (Å²) in [6.45, 7) is 7.15. The summed E-state index contributed by atoms with van der Waals surface area (Å²) >= 11 is 0. The second kappa shape index (κ2) is 9.87. The van der Waals surface area contributed by atoms with Crippen molar-refractivity contribution in [1.29, 1.82) is 0 Å². The maximum absolute atomic E-state index is 13.2. The van der Waals surface area contributed by atoms with E-state index in [1.807, 2.05) is 51.1 Å². The Kier molecular flexibility index (Phi) is 8.38. The highest BCUT2D eigenvalue weighted by atomic mass is 16.5. The van der Waals surface area contributed by atoms with Crippen LogP contribution in [0.3, 0.4) is 0 Å². The lowest BCUT2D eigenvalue weighted by Crippen LogP contribution is -2.62. The van der Waals surface area contributed by atoms with E-state index < -0.39 is 28.7 Å². The molecule has 0 aliphatic carbocycles. The molecule has 0 saturated carbocycles. The SMILES string of the molecule is C[C@H](N(O)C=O)C(CCCc1ccccc1)(C(N)=O)[C@@H](C(=O)N(C)C)C(C)(C)C. The summed E-state index contributed by atoms with van der Waals surface area (Å²) in [5, 5.41) is 10.6. The molecular formula is C22H35N3O4. The number of aryl methyl sites for hydroxylation is 1. The third-order valence-electron chi connectivity index (χ3n) is 5.68. The van der Waals surface area contributed by atoms with Gasteiger partial charge in [-0.1, -0.05) is 51.1 Å². The number of hydrogen-bond acceptors (Lipinski definition) is 4. The molecule has 0 heterocycles. The van der Waals surface area contributed by atoms with Crippen molar-refractivity contribution in [3.63, 3.8) is 0 Å². The number of carbonyl (C=O) groups excluding carboxylic acids is 3. The molecule has 1 unspecified atom stereocenters. The summed E-state index contributed by atoms with van der Waals surface area (Å²) in [6, 6.07) is 8.82. The van der Waals surface area contributed by atoms with Gasteiger partial charge < -0.3 is 10.6 Å². The minimum Gasteiger partial charge on any atom is -0.369 e. The van der Waals surface area contributed by atoms with Gasteiger partial charge in [-0.2, -0.15) is 0 Å². The Bertz CT molecular complexity index is 700. The Morgan fingerprint density at radius 1 is 1.17 bits per heavy atom. The van der Waals surface area contributed by atoms with E-state index in [9.17, 15) is 19.6 Å². The third kappa shape index (κ3) is 5.56. The minimum absolute atomic E-state index is 0.249. The number of hydroxylamine groups is 2. The molecule has 0 fully saturated rings. The first kappa shape index (κ1) is 24.6. The molecule has 0 aliphatic rings. The van der Waals surface area contributed by atoms with Gasteiger partial charge in [0.05, 0.1) is 17.4 Å². The van der Waals surface area contributed by atoms with Crippen molar-refractivity contribution in [2.24, 2.45) is 22.5 Å². The normalized spacial score (nSPS) is 15.7. The van der Waals surface area contributed by atoms with Crippen molar-refractivity contribution < 1.29 is 19.6 Å². The van der Waals surface area contributed by atoms with Crippen LogP contribution in [0.4, 0.5) is 0 Å². The average Bonchev–Trinajstić information content (AvgIpc) is 2.65. The van der Waals surface area contributed by atoms with Crippen LogP contribution in [0, 0.1) is 16.7 Å². The molecule has 0 aromatic heterocycles. The van der Waals surface area contributed by atoms with Gasteiger partial charge in [0, 0.05) is 14.1 Å². The molecule has 3 amide bonds. The van der Waals surface area contributed by atoms with Crippen molar-refractivity contribution in [2.75, 3.05) is 14.1 Å². The van der Waals surface area contributed by atoms with Crippen molar-refractivity contribution in [3.8, 4) is 0 Å². The zero-order valence-corrected chi connectivity index (χ0v) is 18.4. The van der Waals surface area contributed by atoms with Crippen LogP contribution in [-0.4, -0.2) is 53.5 Å². The third-order valence-corrected chi connectivity index (χ3v) is 5.68. The minimum atomic E-state index is -1.44. The van der Waals surface area contributed by atoms with Gasteiger partial charge in [0.15, 0.2) is 0 Å². The van der Waals surface area contributed by atoms with E-state index in [2.05, 4.69) is 0 Å². The monoisotopic (exact) mass is 405 g/mol. The second-order valence-electron chi connectivity index (χ2n) is 8.94. The predicted octanol–water partition coefficient (Wildman–Crippen LogP) is 2.47. The summed E-state index contributed by atoms with van der Waals surface area (Å²) < 4.78 is 0. The number of nitrogens with zero attached hydrogens (tertiary/aromatic N) is 2. The van der Waals surface area contributed by atoms with Gasteiger partial charge >= 0.3 is 0 Å². The Hall–Kier alpha value is -2.41. The van der Waals surface area contributed by atoms with Gasteiger partial charge in [-0.25, -0.2) is 5.06 Å². The lowest BCUT2D eigenvalue weighted by atomic mass is 9.57. The number of primary amides is 1. The molecule has 0 spiro atoms. The van der Waals surface area contributed by atoms with Gasteiger partial charge in [-0.05, 0) is 37.2 Å². The molecule has 0 saturated heterocycles. The molecule has 29 heavy (non-hydrogen) atoms. The Morgan fingerprint density at radius 2 is 1.72 bits per heavy atom. The van der Waals surface area contributed by atoms with E-state index in [0.717, 1.165) is 5.56 Å². The summed E-state index contributed by atoms with van der Waals surface area (Å²) in [5.74, 6) is -1.79. The van der Waals surface area contributed by atoms with Gasteiger partial charge in [0.25, 0.3) is 0 Å². The zero-order chi connectivity index (χ0) is 22.4. The molecule has 1 aromatic rings. The molecular weight excluding hydrogens is 370 g/mol. The van der Waals surface area contributed by atoms with E-state index in [0.29, 0.717) is 17.9 Å². The van der Waals surface area contributed by atoms with Crippen LogP contribution < -0.4 is 5.73 Å². The molecule has 1 rings (SSSR count). The fraction of sp³-hybridized carbons (Fsp3) is 0.591. The van der Waals surface area contributed by atoms with Crippen molar-refractivity contribution >= 4 is 18.2 Å². The van der Waals surface area contributed by atoms with Crippen LogP contribution in [0.15, 0.2) is 30.3 Å². The maximum Gasteiger partial charge on any atom is 0.233 e. The van der Waals surface area contributed by atoms with Gasteiger partial charge in [0.1, 0.15) is 0 Å². The molecule has 1 aromatic carbocycles. The van der Waals surface area contributed by atoms with Crippen LogP contribution in [0.2, 0.25) is 0 Å². The van der Waals surface area contributed by atoms with Gasteiger partial charge in [0.2, 0.25) is 18.2 Å². The van der Waals surface area contributed by atoms with E-state index >= 15 is 0 Å². The van der Waals surface area contributed by atoms with Crippen LogP contribution in [0.25, 0.3) is 0 Å². The average molecular weight is 406 g/mol. The topological polar surface area (TPSA) is 104 Å². The number of hydrogen-bond donors (Lipinski definition) is 2. The van der Waals surface area contributed by atoms with Gasteiger partial charge in [-0.15, -0.1) is 0 Å². The first-order chi connectivity index (χ1) is 13.4. The molecule has 0 bridgehead atoms. The highest BCUT2D eigenvalue weighted by molar-refractivity contribution is 5.91. The zero-order valence-electron chi connectivity index (χ0n) is 18.4. The van der Waals surface area contributed by atoms with Crippen LogP contribution in [-0.2, 0) is 20.8 Å².